The van der Waals surface area contributed by atoms with E-state index in [9.17, 15) is 14.4 Å². The summed E-state index contributed by atoms with van der Waals surface area (Å²) in [7, 11) is 0. The van der Waals surface area contributed by atoms with Gasteiger partial charge in [-0.3, -0.25) is 4.79 Å². The normalized spacial score (nSPS) is 12.8. The van der Waals surface area contributed by atoms with Crippen LogP contribution >= 0.6 is 23.4 Å². The van der Waals surface area contributed by atoms with Crippen LogP contribution in [0.1, 0.15) is 13.3 Å². The Hall–Kier alpha value is -1.93. The minimum atomic E-state index is -1.06. The van der Waals surface area contributed by atoms with Gasteiger partial charge >= 0.3 is 12.0 Å². The second-order valence-electron chi connectivity index (χ2n) is 4.89. The number of amides is 3. The molecule has 132 valence electrons. The van der Waals surface area contributed by atoms with Crippen molar-refractivity contribution in [2.24, 2.45) is 5.73 Å². The maximum absolute atomic E-state index is 12.1. The van der Waals surface area contributed by atoms with Crippen molar-refractivity contribution in [3.05, 3.63) is 29.3 Å². The fourth-order valence-electron chi connectivity index (χ4n) is 1.76. The third kappa shape index (κ3) is 6.67. The van der Waals surface area contributed by atoms with Crippen molar-refractivity contribution in [1.82, 2.24) is 5.32 Å². The zero-order valence-corrected chi connectivity index (χ0v) is 14.9. The van der Waals surface area contributed by atoms with Gasteiger partial charge in [-0.1, -0.05) is 23.7 Å². The van der Waals surface area contributed by atoms with Gasteiger partial charge in [0.2, 0.25) is 0 Å². The van der Waals surface area contributed by atoms with Gasteiger partial charge in [-0.05, 0) is 37.5 Å². The van der Waals surface area contributed by atoms with Crippen LogP contribution in [0.2, 0.25) is 5.02 Å². The fraction of sp³-hybridized carbons (Fsp3) is 0.400. The number of rotatable bonds is 8. The van der Waals surface area contributed by atoms with E-state index >= 15 is 0 Å². The van der Waals surface area contributed by atoms with Gasteiger partial charge in [0, 0.05) is 0 Å². The Balaban J connectivity index is 2.64. The van der Waals surface area contributed by atoms with Crippen LogP contribution in [-0.4, -0.2) is 42.1 Å². The van der Waals surface area contributed by atoms with E-state index in [2.05, 4.69) is 10.6 Å². The lowest BCUT2D eigenvalue weighted by molar-refractivity contribution is -0.155. The molecule has 7 nitrogen and oxygen atoms in total. The standard InChI is InChI=1S/C15H20ClN3O4S/c1-9(13(20)18-11-6-4-3-5-10(11)16)23-14(21)12(7-8-24-2)19-15(17)22/h3-6,9,12H,7-8H2,1-2H3,(H,18,20)(H3,17,19,22)/t9-,12-/m0/s1. The molecule has 0 unspecified atom stereocenters. The van der Waals surface area contributed by atoms with Crippen LogP contribution in [0.3, 0.4) is 0 Å². The second-order valence-corrected chi connectivity index (χ2v) is 6.28. The number of anilines is 1. The van der Waals surface area contributed by atoms with Gasteiger partial charge in [-0.25, -0.2) is 9.59 Å². The number of thioether (sulfide) groups is 1. The van der Waals surface area contributed by atoms with Gasteiger partial charge in [0.1, 0.15) is 6.04 Å². The predicted octanol–water partition coefficient (Wildman–Crippen LogP) is 2.00. The van der Waals surface area contributed by atoms with Crippen molar-refractivity contribution < 1.29 is 19.1 Å². The Labute approximate surface area is 149 Å². The average Bonchev–Trinajstić information content (AvgIpc) is 2.53. The van der Waals surface area contributed by atoms with E-state index in [0.717, 1.165) is 0 Å². The number of nitrogens with one attached hydrogen (secondary N) is 2. The minimum Gasteiger partial charge on any atom is -0.451 e. The topological polar surface area (TPSA) is 111 Å². The van der Waals surface area contributed by atoms with E-state index in [0.29, 0.717) is 22.9 Å². The predicted molar refractivity (Wildman–Crippen MR) is 95.1 cm³/mol. The molecule has 3 amide bonds. The first-order chi connectivity index (χ1) is 11.3. The number of urea groups is 1. The van der Waals surface area contributed by atoms with Gasteiger partial charge in [-0.15, -0.1) is 0 Å². The molecule has 0 bridgehead atoms. The molecule has 0 aliphatic carbocycles. The minimum absolute atomic E-state index is 0.349. The molecule has 0 heterocycles. The van der Waals surface area contributed by atoms with Crippen LogP contribution in [0.4, 0.5) is 10.5 Å². The lowest BCUT2D eigenvalue weighted by Crippen LogP contribution is -2.46. The Morgan fingerprint density at radius 3 is 2.58 bits per heavy atom. The first kappa shape index (κ1) is 20.1. The van der Waals surface area contributed by atoms with Gasteiger partial charge in [0.05, 0.1) is 10.7 Å². The van der Waals surface area contributed by atoms with Crippen LogP contribution in [0.25, 0.3) is 0 Å². The van der Waals surface area contributed by atoms with E-state index < -0.39 is 30.1 Å². The molecule has 1 aromatic rings. The quantitative estimate of drug-likeness (QED) is 0.603. The van der Waals surface area contributed by atoms with Crippen molar-refractivity contribution in [1.29, 1.82) is 0 Å². The smallest absolute Gasteiger partial charge is 0.329 e. The van der Waals surface area contributed by atoms with Gasteiger partial charge < -0.3 is 21.1 Å². The molecular formula is C15H20ClN3O4S. The summed E-state index contributed by atoms with van der Waals surface area (Å²) in [5.74, 6) is -0.621. The van der Waals surface area contributed by atoms with Gasteiger partial charge in [0.15, 0.2) is 6.10 Å². The number of hydrogen-bond donors (Lipinski definition) is 3. The lowest BCUT2D eigenvalue weighted by Gasteiger charge is -2.19. The number of carbonyl (C=O) groups is 3. The van der Waals surface area contributed by atoms with E-state index in [4.69, 9.17) is 22.1 Å². The highest BCUT2D eigenvalue weighted by Gasteiger charge is 2.25. The molecule has 1 rings (SSSR count). The number of ether oxygens (including phenoxy) is 1. The third-order valence-electron chi connectivity index (χ3n) is 3.01. The molecule has 0 aromatic heterocycles. The number of benzene rings is 1. The van der Waals surface area contributed by atoms with Gasteiger partial charge in [-0.2, -0.15) is 11.8 Å². The van der Waals surface area contributed by atoms with Crippen LogP contribution in [0.5, 0.6) is 0 Å². The maximum atomic E-state index is 12.1. The van der Waals surface area contributed by atoms with E-state index in [1.807, 2.05) is 6.26 Å². The number of primary amides is 1. The number of nitrogens with two attached hydrogens (primary N) is 1. The summed E-state index contributed by atoms with van der Waals surface area (Å²) >= 11 is 7.47. The van der Waals surface area contributed by atoms with E-state index in [-0.39, 0.29) is 0 Å². The molecule has 0 saturated carbocycles. The highest BCUT2D eigenvalue weighted by molar-refractivity contribution is 7.98. The SMILES string of the molecule is CSCC[C@H](NC(N)=O)C(=O)O[C@@H](C)C(=O)Nc1ccccc1Cl. The summed E-state index contributed by atoms with van der Waals surface area (Å²) in [5.41, 5.74) is 5.47. The fourth-order valence-corrected chi connectivity index (χ4v) is 2.42. The number of esters is 1. The molecule has 4 N–H and O–H groups in total. The summed E-state index contributed by atoms with van der Waals surface area (Å²) in [6.45, 7) is 1.43. The average molecular weight is 374 g/mol. The summed E-state index contributed by atoms with van der Waals surface area (Å²) in [5, 5.41) is 5.26. The molecule has 24 heavy (non-hydrogen) atoms. The Bertz CT molecular complexity index is 600. The second kappa shape index (κ2) is 10.0. The lowest BCUT2D eigenvalue weighted by atomic mass is 10.2. The van der Waals surface area contributed by atoms with E-state index in [1.54, 1.807) is 24.3 Å². The summed E-state index contributed by atoms with van der Waals surface area (Å²) in [6.07, 6.45) is 1.16. The molecule has 0 saturated heterocycles. The number of carbonyl (C=O) groups excluding carboxylic acids is 3. The first-order valence-corrected chi connectivity index (χ1v) is 8.93. The Morgan fingerprint density at radius 2 is 2.00 bits per heavy atom. The molecule has 0 aliphatic rings. The van der Waals surface area contributed by atoms with Crippen molar-refractivity contribution in [3.8, 4) is 0 Å². The van der Waals surface area contributed by atoms with Crippen LogP contribution < -0.4 is 16.4 Å². The summed E-state index contributed by atoms with van der Waals surface area (Å²) < 4.78 is 5.11. The van der Waals surface area contributed by atoms with Crippen molar-refractivity contribution in [2.75, 3.05) is 17.3 Å². The molecule has 0 radical (unpaired) electrons. The number of para-hydroxylation sites is 1. The number of hydrogen-bond acceptors (Lipinski definition) is 5. The Morgan fingerprint density at radius 1 is 1.33 bits per heavy atom. The number of halogens is 1. The van der Waals surface area contributed by atoms with Gasteiger partial charge in [0.25, 0.3) is 5.91 Å². The van der Waals surface area contributed by atoms with Crippen LogP contribution in [0, 0.1) is 0 Å². The molecular weight excluding hydrogens is 354 g/mol. The van der Waals surface area contributed by atoms with Crippen molar-refractivity contribution in [3.63, 3.8) is 0 Å². The van der Waals surface area contributed by atoms with Crippen LogP contribution in [0.15, 0.2) is 24.3 Å². The summed E-state index contributed by atoms with van der Waals surface area (Å²) in [4.78, 5) is 35.2. The van der Waals surface area contributed by atoms with Crippen LogP contribution in [-0.2, 0) is 14.3 Å². The molecule has 0 spiro atoms. The Kier molecular flexibility index (Phi) is 8.42. The zero-order chi connectivity index (χ0) is 18.1. The molecule has 9 heteroatoms. The molecule has 2 atom stereocenters. The first-order valence-electron chi connectivity index (χ1n) is 7.16. The highest BCUT2D eigenvalue weighted by Crippen LogP contribution is 2.20. The maximum Gasteiger partial charge on any atom is 0.329 e. The highest BCUT2D eigenvalue weighted by atomic mass is 35.5. The monoisotopic (exact) mass is 373 g/mol. The zero-order valence-electron chi connectivity index (χ0n) is 13.4. The van der Waals surface area contributed by atoms with Crippen molar-refractivity contribution >= 4 is 47.0 Å². The molecule has 1 aromatic carbocycles. The molecule has 0 aliphatic heterocycles. The van der Waals surface area contributed by atoms with Crippen molar-refractivity contribution in [2.45, 2.75) is 25.5 Å². The molecule has 0 fully saturated rings. The third-order valence-corrected chi connectivity index (χ3v) is 3.98. The largest absolute Gasteiger partial charge is 0.451 e. The summed E-state index contributed by atoms with van der Waals surface area (Å²) in [6, 6.07) is 4.98. The van der Waals surface area contributed by atoms with E-state index in [1.165, 1.54) is 18.7 Å².